The van der Waals surface area contributed by atoms with E-state index >= 15 is 0 Å². The Morgan fingerprint density at radius 2 is 1.95 bits per heavy atom. The average Bonchev–Trinajstić information content (AvgIpc) is 2.96. The number of rotatable bonds is 9. The minimum absolute atomic E-state index is 0.593. The lowest BCUT2D eigenvalue weighted by Crippen LogP contribution is -2.13. The van der Waals surface area contributed by atoms with Crippen molar-refractivity contribution in [1.82, 2.24) is 15.1 Å². The molecule has 5 heteroatoms. The summed E-state index contributed by atoms with van der Waals surface area (Å²) in [6, 6.07) is 7.59. The maximum Gasteiger partial charge on any atom is 0.119 e. The summed E-state index contributed by atoms with van der Waals surface area (Å²) in [7, 11) is 1.65. The van der Waals surface area contributed by atoms with Crippen LogP contribution in [0.2, 0.25) is 0 Å². The molecule has 0 atom stereocenters. The molecule has 1 heterocycles. The molecule has 21 heavy (non-hydrogen) atoms. The van der Waals surface area contributed by atoms with Crippen molar-refractivity contribution in [2.45, 2.75) is 26.4 Å². The average molecular weight is 289 g/mol. The molecule has 0 bridgehead atoms. The summed E-state index contributed by atoms with van der Waals surface area (Å²) in [5, 5.41) is 7.69. The van der Waals surface area contributed by atoms with Gasteiger partial charge in [-0.3, -0.25) is 4.68 Å². The fourth-order valence-electron chi connectivity index (χ4n) is 1.96. The van der Waals surface area contributed by atoms with E-state index in [4.69, 9.17) is 9.47 Å². The van der Waals surface area contributed by atoms with Gasteiger partial charge in [0.05, 0.1) is 19.9 Å². The van der Waals surface area contributed by atoms with E-state index in [-0.39, 0.29) is 0 Å². The molecule has 1 aromatic carbocycles. The summed E-state index contributed by atoms with van der Waals surface area (Å²) in [5.74, 6) is 1.67. The van der Waals surface area contributed by atoms with Crippen molar-refractivity contribution in [2.75, 3.05) is 20.3 Å². The van der Waals surface area contributed by atoms with E-state index in [2.05, 4.69) is 23.5 Å². The minimum Gasteiger partial charge on any atom is -0.497 e. The van der Waals surface area contributed by atoms with E-state index in [1.807, 2.05) is 35.1 Å². The summed E-state index contributed by atoms with van der Waals surface area (Å²) in [4.78, 5) is 0. The van der Waals surface area contributed by atoms with Gasteiger partial charge in [0.15, 0.2) is 0 Å². The van der Waals surface area contributed by atoms with Crippen LogP contribution in [0.4, 0.5) is 0 Å². The van der Waals surface area contributed by atoms with Crippen LogP contribution in [0.15, 0.2) is 36.7 Å². The Bertz CT molecular complexity index is 523. The fourth-order valence-corrected chi connectivity index (χ4v) is 1.96. The Labute approximate surface area is 125 Å². The van der Waals surface area contributed by atoms with E-state index in [9.17, 15) is 0 Å². The van der Waals surface area contributed by atoms with Crippen molar-refractivity contribution in [3.05, 3.63) is 42.2 Å². The monoisotopic (exact) mass is 289 g/mol. The van der Waals surface area contributed by atoms with Crippen molar-refractivity contribution in [1.29, 1.82) is 0 Å². The number of hydrogen-bond acceptors (Lipinski definition) is 4. The molecule has 0 aliphatic carbocycles. The van der Waals surface area contributed by atoms with E-state index in [1.54, 1.807) is 7.11 Å². The Kier molecular flexibility index (Phi) is 6.09. The van der Waals surface area contributed by atoms with Crippen LogP contribution >= 0.6 is 0 Å². The standard InChI is InChI=1S/C16H23N3O2/c1-3-8-17-11-14-12-18-19(13-14)9-10-21-16-6-4-15(20-2)5-7-16/h4-7,12-13,17H,3,8-11H2,1-2H3. The molecule has 114 valence electrons. The number of methoxy groups -OCH3 is 1. The third-order valence-electron chi connectivity index (χ3n) is 3.09. The fraction of sp³-hybridized carbons (Fsp3) is 0.438. The second-order valence-electron chi connectivity index (χ2n) is 4.81. The van der Waals surface area contributed by atoms with E-state index in [0.29, 0.717) is 6.61 Å². The van der Waals surface area contributed by atoms with Crippen LogP contribution in [0.25, 0.3) is 0 Å². The molecule has 5 nitrogen and oxygen atoms in total. The molecule has 0 spiro atoms. The second-order valence-corrected chi connectivity index (χ2v) is 4.81. The third kappa shape index (κ3) is 5.11. The number of hydrogen-bond donors (Lipinski definition) is 1. The topological polar surface area (TPSA) is 48.3 Å². The summed E-state index contributed by atoms with van der Waals surface area (Å²) in [6.45, 7) is 5.39. The Morgan fingerprint density at radius 3 is 2.67 bits per heavy atom. The normalized spacial score (nSPS) is 10.6. The van der Waals surface area contributed by atoms with Crippen LogP contribution in [-0.4, -0.2) is 30.0 Å². The van der Waals surface area contributed by atoms with Gasteiger partial charge in [0.1, 0.15) is 18.1 Å². The lowest BCUT2D eigenvalue weighted by Gasteiger charge is -2.07. The molecule has 0 unspecified atom stereocenters. The van der Waals surface area contributed by atoms with Crippen molar-refractivity contribution >= 4 is 0 Å². The Hall–Kier alpha value is -2.01. The SMILES string of the molecule is CCCNCc1cnn(CCOc2ccc(OC)cc2)c1. The van der Waals surface area contributed by atoms with Crippen molar-refractivity contribution < 1.29 is 9.47 Å². The molecule has 0 aliphatic rings. The summed E-state index contributed by atoms with van der Waals surface area (Å²) in [5.41, 5.74) is 1.20. The molecule has 0 saturated heterocycles. The van der Waals surface area contributed by atoms with Crippen LogP contribution in [0.1, 0.15) is 18.9 Å². The lowest BCUT2D eigenvalue weighted by atomic mass is 10.3. The third-order valence-corrected chi connectivity index (χ3v) is 3.09. The molecule has 0 fully saturated rings. The van der Waals surface area contributed by atoms with Crippen LogP contribution in [0.5, 0.6) is 11.5 Å². The molecule has 0 aliphatic heterocycles. The number of nitrogens with one attached hydrogen (secondary N) is 1. The highest BCUT2D eigenvalue weighted by atomic mass is 16.5. The molecule has 1 N–H and O–H groups in total. The van der Waals surface area contributed by atoms with Gasteiger partial charge in [-0.15, -0.1) is 0 Å². The molecular formula is C16H23N3O2. The zero-order valence-electron chi connectivity index (χ0n) is 12.7. The van der Waals surface area contributed by atoms with Gasteiger partial charge in [0, 0.05) is 18.3 Å². The smallest absolute Gasteiger partial charge is 0.119 e. The molecule has 0 radical (unpaired) electrons. The highest BCUT2D eigenvalue weighted by molar-refractivity contribution is 5.31. The predicted octanol–water partition coefficient (Wildman–Crippen LogP) is 2.47. The number of benzene rings is 1. The number of ether oxygens (including phenoxy) is 2. The van der Waals surface area contributed by atoms with Crippen LogP contribution in [-0.2, 0) is 13.1 Å². The van der Waals surface area contributed by atoms with Crippen LogP contribution in [0.3, 0.4) is 0 Å². The van der Waals surface area contributed by atoms with Gasteiger partial charge in [0.25, 0.3) is 0 Å². The van der Waals surface area contributed by atoms with E-state index in [1.165, 1.54) is 5.56 Å². The first kappa shape index (κ1) is 15.4. The number of aromatic nitrogens is 2. The molecule has 1 aromatic heterocycles. The first-order chi connectivity index (χ1) is 10.3. The van der Waals surface area contributed by atoms with Crippen molar-refractivity contribution in [3.63, 3.8) is 0 Å². The van der Waals surface area contributed by atoms with Crippen LogP contribution < -0.4 is 14.8 Å². The Morgan fingerprint density at radius 1 is 1.19 bits per heavy atom. The second kappa shape index (κ2) is 8.32. The molecule has 2 aromatic rings. The number of nitrogens with zero attached hydrogens (tertiary/aromatic N) is 2. The van der Waals surface area contributed by atoms with Crippen molar-refractivity contribution in [2.24, 2.45) is 0 Å². The first-order valence-electron chi connectivity index (χ1n) is 7.30. The van der Waals surface area contributed by atoms with Crippen molar-refractivity contribution in [3.8, 4) is 11.5 Å². The highest BCUT2D eigenvalue weighted by Crippen LogP contribution is 2.16. The van der Waals surface area contributed by atoms with Gasteiger partial charge >= 0.3 is 0 Å². The van der Waals surface area contributed by atoms with Gasteiger partial charge < -0.3 is 14.8 Å². The maximum absolute atomic E-state index is 5.69. The molecule has 0 amide bonds. The quantitative estimate of drug-likeness (QED) is 0.720. The highest BCUT2D eigenvalue weighted by Gasteiger charge is 1.99. The minimum atomic E-state index is 0.593. The van der Waals surface area contributed by atoms with Gasteiger partial charge in [-0.2, -0.15) is 5.10 Å². The van der Waals surface area contributed by atoms with E-state index in [0.717, 1.165) is 37.6 Å². The largest absolute Gasteiger partial charge is 0.497 e. The molecule has 2 rings (SSSR count). The van der Waals surface area contributed by atoms with E-state index < -0.39 is 0 Å². The van der Waals surface area contributed by atoms with Gasteiger partial charge in [-0.1, -0.05) is 6.92 Å². The summed E-state index contributed by atoms with van der Waals surface area (Å²) >= 11 is 0. The predicted molar refractivity (Wildman–Crippen MR) is 82.7 cm³/mol. The zero-order chi connectivity index (χ0) is 14.9. The van der Waals surface area contributed by atoms with Gasteiger partial charge in [0.2, 0.25) is 0 Å². The Balaban J connectivity index is 1.72. The summed E-state index contributed by atoms with van der Waals surface area (Å²) in [6.07, 6.45) is 5.10. The zero-order valence-corrected chi connectivity index (χ0v) is 12.7. The molecular weight excluding hydrogens is 266 g/mol. The van der Waals surface area contributed by atoms with Gasteiger partial charge in [-0.25, -0.2) is 0 Å². The van der Waals surface area contributed by atoms with Crippen LogP contribution in [0, 0.1) is 0 Å². The first-order valence-corrected chi connectivity index (χ1v) is 7.30. The molecule has 0 saturated carbocycles. The maximum atomic E-state index is 5.69. The lowest BCUT2D eigenvalue weighted by molar-refractivity contribution is 0.290. The summed E-state index contributed by atoms with van der Waals surface area (Å²) < 4.78 is 12.7. The van der Waals surface area contributed by atoms with Gasteiger partial charge in [-0.05, 0) is 37.2 Å².